The van der Waals surface area contributed by atoms with Crippen LogP contribution in [0.2, 0.25) is 0 Å². The van der Waals surface area contributed by atoms with Crippen LogP contribution in [0.3, 0.4) is 0 Å². The van der Waals surface area contributed by atoms with E-state index in [2.05, 4.69) is 0 Å². The molecule has 0 amide bonds. The minimum absolute atomic E-state index is 0.0439. The molecule has 1 atom stereocenters. The van der Waals surface area contributed by atoms with Gasteiger partial charge in [0, 0.05) is 19.6 Å². The van der Waals surface area contributed by atoms with Crippen LogP contribution < -0.4 is 0 Å². The topological polar surface area (TPSA) is 40.5 Å². The van der Waals surface area contributed by atoms with Crippen molar-refractivity contribution in [1.82, 2.24) is 4.90 Å². The Morgan fingerprint density at radius 1 is 1.43 bits per heavy atom. The number of carbonyl (C=O) groups is 1. The molecule has 116 valence electrons. The zero-order valence-corrected chi connectivity index (χ0v) is 11.4. The number of carboxylic acids is 1. The molecule has 1 aromatic carbocycles. The molecule has 1 fully saturated rings. The Labute approximate surface area is 119 Å². The molecule has 21 heavy (non-hydrogen) atoms. The van der Waals surface area contributed by atoms with Crippen molar-refractivity contribution in [2.45, 2.75) is 26.1 Å². The first kappa shape index (κ1) is 15.8. The largest absolute Gasteiger partial charge is 0.481 e. The van der Waals surface area contributed by atoms with E-state index in [1.54, 1.807) is 13.0 Å². The van der Waals surface area contributed by atoms with Crippen molar-refractivity contribution in [2.75, 3.05) is 13.1 Å². The van der Waals surface area contributed by atoms with E-state index >= 15 is 0 Å². The minimum Gasteiger partial charge on any atom is -0.481 e. The number of likely N-dealkylation sites (tertiary alicyclic amines) is 1. The lowest BCUT2D eigenvalue weighted by Crippen LogP contribution is -2.47. The molecule has 0 spiro atoms. The third-order valence-corrected chi connectivity index (χ3v) is 3.93. The zero-order chi connectivity index (χ0) is 15.8. The van der Waals surface area contributed by atoms with Gasteiger partial charge in [-0.25, -0.2) is 4.39 Å². The second-order valence-electron chi connectivity index (χ2n) is 5.43. The van der Waals surface area contributed by atoms with Crippen molar-refractivity contribution in [3.05, 3.63) is 35.1 Å². The van der Waals surface area contributed by atoms with Crippen LogP contribution in [-0.2, 0) is 11.3 Å². The van der Waals surface area contributed by atoms with Gasteiger partial charge in [-0.15, -0.1) is 0 Å². The average Bonchev–Trinajstić information content (AvgIpc) is 2.79. The van der Waals surface area contributed by atoms with E-state index in [4.69, 9.17) is 5.11 Å². The summed E-state index contributed by atoms with van der Waals surface area (Å²) in [6.07, 6.45) is -5.25. The highest BCUT2D eigenvalue weighted by molar-refractivity contribution is 5.76. The number of nitrogens with zero attached hydrogens (tertiary/aromatic N) is 1. The van der Waals surface area contributed by atoms with Crippen molar-refractivity contribution >= 4 is 5.97 Å². The first-order valence-electron chi connectivity index (χ1n) is 6.43. The molecule has 7 heteroatoms. The summed E-state index contributed by atoms with van der Waals surface area (Å²) in [5, 5.41) is 8.97. The molecule has 1 unspecified atom stereocenters. The molecule has 1 saturated heterocycles. The van der Waals surface area contributed by atoms with E-state index in [-0.39, 0.29) is 18.9 Å². The quantitative estimate of drug-likeness (QED) is 0.873. The van der Waals surface area contributed by atoms with E-state index in [9.17, 15) is 22.4 Å². The van der Waals surface area contributed by atoms with Gasteiger partial charge in [-0.2, -0.15) is 13.2 Å². The first-order valence-corrected chi connectivity index (χ1v) is 6.43. The molecule has 0 saturated carbocycles. The fraction of sp³-hybridized carbons (Fsp3) is 0.500. The van der Waals surface area contributed by atoms with Crippen molar-refractivity contribution in [3.8, 4) is 0 Å². The molecular formula is C14H15F4NO2. The molecule has 1 aliphatic heterocycles. The van der Waals surface area contributed by atoms with Gasteiger partial charge in [0.1, 0.15) is 5.82 Å². The number of carboxylic acid groups (broad SMARTS) is 1. The summed E-state index contributed by atoms with van der Waals surface area (Å²) in [5.74, 6) is -2.22. The van der Waals surface area contributed by atoms with Gasteiger partial charge in [0.25, 0.3) is 0 Å². The fourth-order valence-corrected chi connectivity index (χ4v) is 2.61. The maximum Gasteiger partial charge on any atom is 0.406 e. The van der Waals surface area contributed by atoms with Gasteiger partial charge in [-0.3, -0.25) is 9.69 Å². The van der Waals surface area contributed by atoms with Crippen molar-refractivity contribution in [3.63, 3.8) is 0 Å². The Kier molecular flexibility index (Phi) is 3.97. The van der Waals surface area contributed by atoms with E-state index in [0.717, 1.165) is 0 Å². The maximum absolute atomic E-state index is 13.2. The predicted octanol–water partition coefficient (Wildman–Crippen LogP) is 2.97. The number of benzene rings is 1. The highest BCUT2D eigenvalue weighted by Gasteiger charge is 2.63. The lowest BCUT2D eigenvalue weighted by atomic mass is 9.86. The Morgan fingerprint density at radius 3 is 2.57 bits per heavy atom. The smallest absolute Gasteiger partial charge is 0.406 e. The van der Waals surface area contributed by atoms with Crippen LogP contribution in [-0.4, -0.2) is 35.2 Å². The summed E-state index contributed by atoms with van der Waals surface area (Å²) in [5.41, 5.74) is -1.63. The van der Waals surface area contributed by atoms with Crippen LogP contribution in [0.5, 0.6) is 0 Å². The average molecular weight is 305 g/mol. The second kappa shape index (κ2) is 5.29. The minimum atomic E-state index is -4.79. The molecule has 0 aliphatic carbocycles. The molecule has 1 heterocycles. The van der Waals surface area contributed by atoms with Crippen LogP contribution >= 0.6 is 0 Å². The molecular weight excluding hydrogens is 290 g/mol. The number of alkyl halides is 3. The SMILES string of the molecule is Cc1cc(CN2CCC(C(=O)O)(C(F)(F)F)C2)ccc1F. The normalized spacial score (nSPS) is 23.5. The third-order valence-electron chi connectivity index (χ3n) is 3.93. The molecule has 1 aliphatic rings. The summed E-state index contributed by atoms with van der Waals surface area (Å²) >= 11 is 0. The number of hydrogen-bond acceptors (Lipinski definition) is 2. The second-order valence-corrected chi connectivity index (χ2v) is 5.43. The van der Waals surface area contributed by atoms with Gasteiger partial charge in [0.2, 0.25) is 0 Å². The van der Waals surface area contributed by atoms with Gasteiger partial charge >= 0.3 is 12.1 Å². The molecule has 1 N–H and O–H groups in total. The predicted molar refractivity (Wildman–Crippen MR) is 67.2 cm³/mol. The molecule has 2 rings (SSSR count). The van der Waals surface area contributed by atoms with Gasteiger partial charge in [-0.05, 0) is 30.5 Å². The molecule has 3 nitrogen and oxygen atoms in total. The zero-order valence-electron chi connectivity index (χ0n) is 11.4. The summed E-state index contributed by atoms with van der Waals surface area (Å²) < 4.78 is 52.3. The van der Waals surface area contributed by atoms with Crippen LogP contribution in [0, 0.1) is 18.2 Å². The van der Waals surface area contributed by atoms with Crippen LogP contribution in [0.15, 0.2) is 18.2 Å². The van der Waals surface area contributed by atoms with Gasteiger partial charge < -0.3 is 5.11 Å². The number of rotatable bonds is 3. The van der Waals surface area contributed by atoms with Crippen LogP contribution in [0.25, 0.3) is 0 Å². The number of hydrogen-bond donors (Lipinski definition) is 1. The Balaban J connectivity index is 2.14. The Hall–Kier alpha value is -1.63. The number of aliphatic carboxylic acids is 1. The van der Waals surface area contributed by atoms with Gasteiger partial charge in [0.15, 0.2) is 5.41 Å². The van der Waals surface area contributed by atoms with Crippen molar-refractivity contribution < 1.29 is 27.5 Å². The lowest BCUT2D eigenvalue weighted by Gasteiger charge is -2.27. The monoisotopic (exact) mass is 305 g/mol. The van der Waals surface area contributed by atoms with Crippen molar-refractivity contribution in [1.29, 1.82) is 0 Å². The summed E-state index contributed by atoms with van der Waals surface area (Å²) in [6, 6.07) is 4.31. The summed E-state index contributed by atoms with van der Waals surface area (Å²) in [7, 11) is 0. The molecule has 1 aromatic rings. The highest BCUT2D eigenvalue weighted by Crippen LogP contribution is 2.46. The lowest BCUT2D eigenvalue weighted by molar-refractivity contribution is -0.227. The molecule has 0 bridgehead atoms. The maximum atomic E-state index is 13.2. The summed E-state index contributed by atoms with van der Waals surface area (Å²) in [4.78, 5) is 12.5. The van der Waals surface area contributed by atoms with Crippen molar-refractivity contribution in [2.24, 2.45) is 5.41 Å². The number of aryl methyl sites for hydroxylation is 1. The van der Waals surface area contributed by atoms with Gasteiger partial charge in [0.05, 0.1) is 0 Å². The molecule has 0 aromatic heterocycles. The Morgan fingerprint density at radius 2 is 2.10 bits per heavy atom. The van der Waals surface area contributed by atoms with E-state index < -0.39 is 30.5 Å². The fourth-order valence-electron chi connectivity index (χ4n) is 2.61. The van der Waals surface area contributed by atoms with Gasteiger partial charge in [-0.1, -0.05) is 12.1 Å². The summed E-state index contributed by atoms with van der Waals surface area (Å²) in [6.45, 7) is 1.21. The van der Waals surface area contributed by atoms with E-state index in [0.29, 0.717) is 11.1 Å². The number of halogens is 4. The van der Waals surface area contributed by atoms with E-state index in [1.165, 1.54) is 17.0 Å². The first-order chi connectivity index (χ1) is 9.65. The Bertz CT molecular complexity index is 558. The standard InChI is InChI=1S/C14H15F4NO2/c1-9-6-10(2-3-11(9)15)7-19-5-4-13(8-19,12(20)21)14(16,17)18/h2-3,6H,4-5,7-8H2,1H3,(H,20,21). The third kappa shape index (κ3) is 2.88. The van der Waals surface area contributed by atoms with Crippen LogP contribution in [0.4, 0.5) is 17.6 Å². The highest BCUT2D eigenvalue weighted by atomic mass is 19.4. The van der Waals surface area contributed by atoms with E-state index in [1.807, 2.05) is 0 Å². The van der Waals surface area contributed by atoms with Crippen LogP contribution in [0.1, 0.15) is 17.5 Å². The molecule has 0 radical (unpaired) electrons.